The zero-order chi connectivity index (χ0) is 8.15. The Morgan fingerprint density at radius 3 is 2.30 bits per heavy atom. The summed E-state index contributed by atoms with van der Waals surface area (Å²) >= 11 is 0. The van der Waals surface area contributed by atoms with Crippen molar-refractivity contribution in [2.24, 2.45) is 0 Å². The highest BCUT2D eigenvalue weighted by atomic mass is 16.4. The van der Waals surface area contributed by atoms with Crippen molar-refractivity contribution in [2.75, 3.05) is 13.2 Å². The highest BCUT2D eigenvalue weighted by Gasteiger charge is 2.11. The number of amidine groups is 1. The molecule has 0 atom stereocenters. The van der Waals surface area contributed by atoms with Crippen molar-refractivity contribution in [1.82, 2.24) is 4.90 Å². The number of aliphatic hydroxyl groups excluding tert-OH is 1. The van der Waals surface area contributed by atoms with E-state index in [2.05, 4.69) is 0 Å². The van der Waals surface area contributed by atoms with Crippen LogP contribution in [0.4, 0.5) is 4.79 Å². The van der Waals surface area contributed by atoms with Gasteiger partial charge < -0.3 is 10.2 Å². The number of carboxylic acid groups (broad SMARTS) is 1. The van der Waals surface area contributed by atoms with Crippen LogP contribution in [-0.4, -0.2) is 40.2 Å². The molecule has 0 radical (unpaired) electrons. The Bertz CT molecular complexity index is 132. The van der Waals surface area contributed by atoms with Crippen molar-refractivity contribution in [3.8, 4) is 0 Å². The normalized spacial score (nSPS) is 9.00. The summed E-state index contributed by atoms with van der Waals surface area (Å²) in [5, 5.41) is 23.6. The van der Waals surface area contributed by atoms with Crippen molar-refractivity contribution in [2.45, 2.75) is 6.92 Å². The standard InChI is InChI=1S/C5H10N2O3/c1-4(6)7(2-3-8)5(9)10/h6,8H,2-3H2,1H3,(H,9,10). The minimum absolute atomic E-state index is 0.0370. The van der Waals surface area contributed by atoms with Gasteiger partial charge in [0.15, 0.2) is 0 Å². The fourth-order valence-electron chi connectivity index (χ4n) is 0.507. The zero-order valence-corrected chi connectivity index (χ0v) is 5.66. The minimum atomic E-state index is -1.21. The van der Waals surface area contributed by atoms with Crippen LogP contribution in [0.3, 0.4) is 0 Å². The van der Waals surface area contributed by atoms with Crippen LogP contribution in [0, 0.1) is 5.41 Å². The second-order valence-corrected chi connectivity index (χ2v) is 1.74. The van der Waals surface area contributed by atoms with Crippen LogP contribution in [0.5, 0.6) is 0 Å². The maximum atomic E-state index is 10.2. The van der Waals surface area contributed by atoms with Gasteiger partial charge >= 0.3 is 6.09 Å². The maximum absolute atomic E-state index is 10.2. The smallest absolute Gasteiger partial charge is 0.412 e. The fourth-order valence-corrected chi connectivity index (χ4v) is 0.507. The molecule has 0 heterocycles. The molecule has 0 saturated carbocycles. The van der Waals surface area contributed by atoms with Crippen LogP contribution in [0.15, 0.2) is 0 Å². The monoisotopic (exact) mass is 146 g/mol. The number of hydrogen-bond acceptors (Lipinski definition) is 3. The lowest BCUT2D eigenvalue weighted by atomic mass is 10.5. The van der Waals surface area contributed by atoms with E-state index in [9.17, 15) is 4.79 Å². The van der Waals surface area contributed by atoms with E-state index in [4.69, 9.17) is 15.6 Å². The molecule has 1 amide bonds. The van der Waals surface area contributed by atoms with Crippen molar-refractivity contribution >= 4 is 11.9 Å². The molecule has 0 saturated heterocycles. The molecule has 0 aliphatic rings. The Kier molecular flexibility index (Phi) is 3.42. The lowest BCUT2D eigenvalue weighted by molar-refractivity contribution is 0.159. The number of carbonyl (C=O) groups is 1. The van der Waals surface area contributed by atoms with E-state index >= 15 is 0 Å². The van der Waals surface area contributed by atoms with Crippen LogP contribution in [0.2, 0.25) is 0 Å². The summed E-state index contributed by atoms with van der Waals surface area (Å²) in [5.41, 5.74) is 0. The number of rotatable bonds is 2. The predicted molar refractivity (Wildman–Crippen MR) is 35.2 cm³/mol. The van der Waals surface area contributed by atoms with Crippen LogP contribution in [0.25, 0.3) is 0 Å². The molecule has 0 rings (SSSR count). The van der Waals surface area contributed by atoms with E-state index < -0.39 is 6.09 Å². The third-order valence-corrected chi connectivity index (χ3v) is 0.959. The van der Waals surface area contributed by atoms with Crippen molar-refractivity contribution in [1.29, 1.82) is 5.41 Å². The van der Waals surface area contributed by atoms with E-state index in [0.717, 1.165) is 4.90 Å². The molecule has 10 heavy (non-hydrogen) atoms. The highest BCUT2D eigenvalue weighted by molar-refractivity contribution is 5.91. The van der Waals surface area contributed by atoms with Crippen molar-refractivity contribution in [3.63, 3.8) is 0 Å². The second-order valence-electron chi connectivity index (χ2n) is 1.74. The number of nitrogens with zero attached hydrogens (tertiary/aromatic N) is 1. The molecule has 0 aliphatic heterocycles. The molecule has 0 bridgehead atoms. The first-order chi connectivity index (χ1) is 4.59. The number of hydrogen-bond donors (Lipinski definition) is 3. The van der Waals surface area contributed by atoms with Gasteiger partial charge in [0.25, 0.3) is 0 Å². The molecule has 0 unspecified atom stereocenters. The molecule has 58 valence electrons. The molecular weight excluding hydrogens is 136 g/mol. The van der Waals surface area contributed by atoms with Crippen LogP contribution in [-0.2, 0) is 0 Å². The largest absolute Gasteiger partial charge is 0.465 e. The molecule has 0 aromatic heterocycles. The molecule has 5 nitrogen and oxygen atoms in total. The van der Waals surface area contributed by atoms with Gasteiger partial charge in [-0.25, -0.2) is 4.79 Å². The zero-order valence-electron chi connectivity index (χ0n) is 5.66. The first-order valence-electron chi connectivity index (χ1n) is 2.76. The van der Waals surface area contributed by atoms with Gasteiger partial charge in [-0.2, -0.15) is 0 Å². The first-order valence-corrected chi connectivity index (χ1v) is 2.76. The Balaban J connectivity index is 3.98. The lowest BCUT2D eigenvalue weighted by Gasteiger charge is -2.14. The first kappa shape index (κ1) is 8.90. The van der Waals surface area contributed by atoms with Gasteiger partial charge in [-0.05, 0) is 6.92 Å². The van der Waals surface area contributed by atoms with Gasteiger partial charge in [0.1, 0.15) is 5.84 Å². The average molecular weight is 146 g/mol. The van der Waals surface area contributed by atoms with E-state index in [1.807, 2.05) is 0 Å². The van der Waals surface area contributed by atoms with Gasteiger partial charge in [-0.1, -0.05) is 0 Å². The van der Waals surface area contributed by atoms with E-state index in [1.54, 1.807) is 0 Å². The molecule has 0 fully saturated rings. The van der Waals surface area contributed by atoms with Crippen molar-refractivity contribution < 1.29 is 15.0 Å². The summed E-state index contributed by atoms with van der Waals surface area (Å²) in [6, 6.07) is 0. The van der Waals surface area contributed by atoms with Gasteiger partial charge in [-0.15, -0.1) is 0 Å². The summed E-state index contributed by atoms with van der Waals surface area (Å²) < 4.78 is 0. The summed E-state index contributed by atoms with van der Waals surface area (Å²) in [7, 11) is 0. The topological polar surface area (TPSA) is 84.6 Å². The minimum Gasteiger partial charge on any atom is -0.465 e. The van der Waals surface area contributed by atoms with Gasteiger partial charge in [0, 0.05) is 0 Å². The molecular formula is C5H10N2O3. The Hall–Kier alpha value is -1.10. The van der Waals surface area contributed by atoms with Crippen LogP contribution >= 0.6 is 0 Å². The molecule has 3 N–H and O–H groups in total. The average Bonchev–Trinajstić information content (AvgIpc) is 1.81. The number of amides is 1. The number of nitrogens with one attached hydrogen (secondary N) is 1. The Morgan fingerprint density at radius 1 is 1.70 bits per heavy atom. The van der Waals surface area contributed by atoms with Crippen LogP contribution in [0.1, 0.15) is 6.92 Å². The molecule has 0 spiro atoms. The van der Waals surface area contributed by atoms with Crippen LogP contribution < -0.4 is 0 Å². The lowest BCUT2D eigenvalue weighted by Crippen LogP contribution is -2.35. The third kappa shape index (κ3) is 2.45. The molecule has 0 aromatic carbocycles. The van der Waals surface area contributed by atoms with E-state index in [0.29, 0.717) is 0 Å². The summed E-state index contributed by atoms with van der Waals surface area (Å²) in [6.45, 7) is 1.05. The SMILES string of the molecule is CC(=N)N(CCO)C(=O)O. The van der Waals surface area contributed by atoms with Gasteiger partial charge in [0.2, 0.25) is 0 Å². The Labute approximate surface area is 58.4 Å². The predicted octanol–water partition coefficient (Wildman–Crippen LogP) is -0.0441. The molecule has 5 heteroatoms. The summed E-state index contributed by atoms with van der Waals surface area (Å²) in [6.07, 6.45) is -1.21. The molecule has 0 aromatic rings. The van der Waals surface area contributed by atoms with Gasteiger partial charge in [-0.3, -0.25) is 10.3 Å². The summed E-state index contributed by atoms with van der Waals surface area (Å²) in [4.78, 5) is 11.0. The van der Waals surface area contributed by atoms with E-state index in [1.165, 1.54) is 6.92 Å². The highest BCUT2D eigenvalue weighted by Crippen LogP contribution is 1.88. The number of aliphatic hydroxyl groups is 1. The second kappa shape index (κ2) is 3.84. The van der Waals surface area contributed by atoms with Crippen molar-refractivity contribution in [3.05, 3.63) is 0 Å². The fraction of sp³-hybridized carbons (Fsp3) is 0.600. The van der Waals surface area contributed by atoms with Gasteiger partial charge in [0.05, 0.1) is 13.2 Å². The Morgan fingerprint density at radius 2 is 2.20 bits per heavy atom. The van der Waals surface area contributed by atoms with E-state index in [-0.39, 0.29) is 19.0 Å². The summed E-state index contributed by atoms with van der Waals surface area (Å²) in [5.74, 6) is -0.0819. The third-order valence-electron chi connectivity index (χ3n) is 0.959. The molecule has 0 aliphatic carbocycles. The maximum Gasteiger partial charge on any atom is 0.412 e. The quantitative estimate of drug-likeness (QED) is 0.377.